The van der Waals surface area contributed by atoms with E-state index >= 15 is 0 Å². The number of fused-ring (bicyclic) bond motifs is 17. The molecule has 3 heterocycles. The number of Topliss-reactive ketones (excluding diaryl/α,β-unsaturated/α-hetero) is 1. The third kappa shape index (κ3) is 18.2. The maximum Gasteiger partial charge on any atom is 0.243 e. The minimum absolute atomic E-state index is 0. The number of nitrogens with zero attached hydrogens (tertiary/aromatic N) is 2. The number of thiazole rings is 1. The van der Waals surface area contributed by atoms with Crippen LogP contribution in [0.25, 0.3) is 10.2 Å². The number of amides is 5. The molecular weight excluding hydrogens is 855 g/mol. The molecule has 4 atom stereocenters. The van der Waals surface area contributed by atoms with Crippen LogP contribution >= 0.6 is 65.3 Å². The number of benzene rings is 2. The number of nitrogens with two attached hydrogens (primary N) is 2. The van der Waals surface area contributed by atoms with Crippen molar-refractivity contribution in [2.45, 2.75) is 77.0 Å². The fraction of sp³-hybridized carbons (Fsp3) is 0.421. The molecule has 0 radical (unpaired) electrons. The van der Waals surface area contributed by atoms with E-state index in [9.17, 15) is 28.8 Å². The number of hydrogen-bond acceptors (Lipinski definition) is 10. The fourth-order valence-electron chi connectivity index (χ4n) is 5.77. The van der Waals surface area contributed by atoms with E-state index in [-0.39, 0.29) is 110 Å². The van der Waals surface area contributed by atoms with E-state index in [1.807, 2.05) is 26.0 Å². The first-order chi connectivity index (χ1) is 26.3. The van der Waals surface area contributed by atoms with Crippen LogP contribution < -0.4 is 42.8 Å². The second-order valence-corrected chi connectivity index (χ2v) is 14.5. The molecule has 2 bridgehead atoms. The van der Waals surface area contributed by atoms with Crippen molar-refractivity contribution in [3.05, 3.63) is 71.3 Å². The molecule has 0 saturated heterocycles. The summed E-state index contributed by atoms with van der Waals surface area (Å²) in [5, 5.41) is 13.7. The molecule has 0 fully saturated rings. The molecule has 16 nitrogen and oxygen atoms in total. The van der Waals surface area contributed by atoms with Crippen LogP contribution in [0.15, 0.2) is 65.7 Å². The summed E-state index contributed by atoms with van der Waals surface area (Å²) in [4.78, 5) is 89.3. The van der Waals surface area contributed by atoms with E-state index in [1.165, 1.54) is 18.3 Å². The molecule has 0 spiro atoms. The van der Waals surface area contributed by atoms with Gasteiger partial charge < -0.3 is 42.8 Å². The number of rotatable bonds is 11. The van der Waals surface area contributed by atoms with E-state index in [1.54, 1.807) is 48.6 Å². The highest BCUT2D eigenvalue weighted by atomic mass is 32.1. The second-order valence-electron chi connectivity index (χ2n) is 13.5. The summed E-state index contributed by atoms with van der Waals surface area (Å²) in [6.45, 7) is 5.51. The van der Waals surface area contributed by atoms with Gasteiger partial charge in [-0.15, -0.1) is 11.3 Å². The highest BCUT2D eigenvalue weighted by Gasteiger charge is 2.33. The zero-order valence-corrected chi connectivity index (χ0v) is 37.9. The predicted octanol–water partition coefficient (Wildman–Crippen LogP) is 1.69. The van der Waals surface area contributed by atoms with Gasteiger partial charge in [-0.25, -0.2) is 4.98 Å². The van der Waals surface area contributed by atoms with Crippen molar-refractivity contribution in [1.82, 2.24) is 31.6 Å². The highest BCUT2D eigenvalue weighted by Crippen LogP contribution is 2.23. The van der Waals surface area contributed by atoms with Crippen molar-refractivity contribution in [2.24, 2.45) is 22.4 Å². The number of aliphatic imine (C=N–C) groups is 1. The van der Waals surface area contributed by atoms with Crippen molar-refractivity contribution >= 4 is 117 Å². The molecule has 1 aromatic heterocycles. The van der Waals surface area contributed by atoms with Crippen molar-refractivity contribution in [3.63, 3.8) is 0 Å². The predicted molar refractivity (Wildman–Crippen MR) is 251 cm³/mol. The number of nitrogens with one attached hydrogen (secondary N) is 5. The van der Waals surface area contributed by atoms with Crippen LogP contribution in [0.5, 0.6) is 5.75 Å². The monoisotopic (exact) mass is 911 g/mol. The molecule has 9 N–H and O–H groups in total. The number of carbonyl (C=O) groups excluding carboxylic acids is 6. The van der Waals surface area contributed by atoms with Gasteiger partial charge in [0.2, 0.25) is 35.3 Å². The number of carbonyl (C=O) groups is 6. The van der Waals surface area contributed by atoms with Crippen LogP contribution in [0.1, 0.15) is 61.8 Å². The summed E-state index contributed by atoms with van der Waals surface area (Å²) >= 11 is 1.18. The van der Waals surface area contributed by atoms with Gasteiger partial charge in [-0.1, -0.05) is 44.2 Å². The van der Waals surface area contributed by atoms with Gasteiger partial charge in [-0.2, -0.15) is 54.0 Å². The Morgan fingerprint density at radius 3 is 2.29 bits per heavy atom. The minimum atomic E-state index is -1.45. The Bertz CT molecular complexity index is 1870. The Hall–Kier alpha value is -4.44. The average molecular weight is 912 g/mol. The number of para-hydroxylation sites is 1. The zero-order chi connectivity index (χ0) is 39.9. The summed E-state index contributed by atoms with van der Waals surface area (Å²) in [5.41, 5.74) is 12.3. The lowest BCUT2D eigenvalue weighted by Gasteiger charge is -2.27. The Kier molecular flexibility index (Phi) is 25.3. The van der Waals surface area contributed by atoms with E-state index in [0.29, 0.717) is 17.7 Å². The lowest BCUT2D eigenvalue weighted by molar-refractivity contribution is -0.135. The molecule has 59 heavy (non-hydrogen) atoms. The van der Waals surface area contributed by atoms with Gasteiger partial charge in [0.05, 0.1) is 22.7 Å². The molecule has 3 aromatic rings. The Labute approximate surface area is 376 Å². The van der Waals surface area contributed by atoms with Crippen LogP contribution in [0.4, 0.5) is 0 Å². The van der Waals surface area contributed by atoms with Gasteiger partial charge in [-0.3, -0.25) is 33.8 Å². The number of ether oxygens (including phenoxy) is 1. The maximum atomic E-state index is 14.1. The first-order valence-corrected chi connectivity index (χ1v) is 18.9. The molecule has 0 saturated carbocycles. The molecule has 0 unspecified atom stereocenters. The number of aromatic nitrogens is 1. The van der Waals surface area contributed by atoms with Crippen LogP contribution in [0.2, 0.25) is 0 Å². The van der Waals surface area contributed by atoms with E-state index in [4.69, 9.17) is 16.2 Å². The van der Waals surface area contributed by atoms with E-state index in [0.717, 1.165) is 10.3 Å². The smallest absolute Gasteiger partial charge is 0.243 e. The SMILES string of the molecule is CC(=O)N[C@H]1Cc2ccc(cc2)OC/C=C\CNC(=O)C[C@@H](C(=O)N[C@@H](CCCN=C(N)N)C(=O)c2nc3ccccc3s2)NC(=O)[C@H](CC(C)C)NC1=O.S.S.S.S. The first kappa shape index (κ1) is 54.6. The number of guanidine groups is 1. The summed E-state index contributed by atoms with van der Waals surface area (Å²) in [5.74, 6) is -3.24. The van der Waals surface area contributed by atoms with Gasteiger partial charge in [0.25, 0.3) is 0 Å². The molecule has 21 heteroatoms. The van der Waals surface area contributed by atoms with E-state index in [2.05, 4.69) is 36.6 Å². The van der Waals surface area contributed by atoms with Crippen molar-refractivity contribution < 1.29 is 33.5 Å². The number of ketones is 1. The molecule has 5 rings (SSSR count). The zero-order valence-electron chi connectivity index (χ0n) is 33.1. The van der Waals surface area contributed by atoms with Gasteiger partial charge in [0.15, 0.2) is 11.0 Å². The van der Waals surface area contributed by atoms with Crippen LogP contribution in [-0.4, -0.2) is 90.1 Å². The summed E-state index contributed by atoms with van der Waals surface area (Å²) in [6, 6.07) is 9.53. The number of hydrogen-bond donors (Lipinski definition) is 7. The standard InChI is InChI=1S/C38H49N9O7S.4H2S/c1-22(2)19-28-34(51)46-30(36(53)44-27(10-8-17-42-38(39)40)33(50)37-47-26-9-4-5-11-31(26)55-37)21-32(49)41-16-6-7-18-54-25-14-12-24(13-15-25)20-29(35(52)45-28)43-23(3)48;;;;/h4-7,9,11-15,22,27-30H,8,10,16-21H2,1-3H3,(H,41,49)(H,43,48)(H,44,53)(H,45,52)(H,46,51)(H4,39,40,42);4*1H2/b7-6-;;;;/t27-,28-,29-,30-;;;;/m0..../s1. The van der Waals surface area contributed by atoms with Crippen LogP contribution in [-0.2, 0) is 30.4 Å². The molecule has 326 valence electrons. The third-order valence-electron chi connectivity index (χ3n) is 8.43. The fourth-order valence-corrected chi connectivity index (χ4v) is 6.73. The van der Waals surface area contributed by atoms with Crippen LogP contribution in [0.3, 0.4) is 0 Å². The van der Waals surface area contributed by atoms with Crippen molar-refractivity contribution in [3.8, 4) is 5.75 Å². The largest absolute Gasteiger partial charge is 0.490 e. The summed E-state index contributed by atoms with van der Waals surface area (Å²) in [6.07, 6.45) is 3.65. The molecule has 2 aliphatic heterocycles. The Balaban J connectivity index is 0.00000841. The Morgan fingerprint density at radius 1 is 0.949 bits per heavy atom. The van der Waals surface area contributed by atoms with Crippen molar-refractivity contribution in [1.29, 1.82) is 0 Å². The maximum absolute atomic E-state index is 14.1. The van der Waals surface area contributed by atoms with Gasteiger partial charge in [0, 0.05) is 26.4 Å². The lowest BCUT2D eigenvalue weighted by Crippen LogP contribution is -2.58. The highest BCUT2D eigenvalue weighted by molar-refractivity contribution is 7.59. The molecular formula is C38H57N9O7S5. The van der Waals surface area contributed by atoms with Crippen molar-refractivity contribution in [2.75, 3.05) is 19.7 Å². The lowest BCUT2D eigenvalue weighted by atomic mass is 10.00. The van der Waals surface area contributed by atoms with Crippen LogP contribution in [0, 0.1) is 5.92 Å². The van der Waals surface area contributed by atoms with Gasteiger partial charge in [0.1, 0.15) is 30.5 Å². The second kappa shape index (κ2) is 27.3. The summed E-state index contributed by atoms with van der Waals surface area (Å²) < 4.78 is 6.53. The molecule has 2 aromatic carbocycles. The van der Waals surface area contributed by atoms with Gasteiger partial charge >= 0.3 is 0 Å². The Morgan fingerprint density at radius 2 is 1.64 bits per heavy atom. The molecule has 5 amide bonds. The normalized spacial score (nSPS) is 18.2. The molecule has 2 aliphatic rings. The summed E-state index contributed by atoms with van der Waals surface area (Å²) in [7, 11) is 0. The average Bonchev–Trinajstić information content (AvgIpc) is 3.57. The quantitative estimate of drug-likeness (QED) is 0.0482. The molecule has 0 aliphatic carbocycles. The minimum Gasteiger partial charge on any atom is -0.490 e. The van der Waals surface area contributed by atoms with Gasteiger partial charge in [-0.05, 0) is 61.1 Å². The topological polar surface area (TPSA) is 249 Å². The third-order valence-corrected chi connectivity index (χ3v) is 9.48. The van der Waals surface area contributed by atoms with E-state index < -0.39 is 65.9 Å². The first-order valence-electron chi connectivity index (χ1n) is 18.1.